The van der Waals surface area contributed by atoms with Crippen molar-refractivity contribution in [2.45, 2.75) is 42.7 Å². The Morgan fingerprint density at radius 3 is 2.58 bits per heavy atom. The molecule has 0 amide bonds. The number of aromatic nitrogens is 2. The number of nitrogens with zero attached hydrogens (tertiary/aromatic N) is 2. The number of benzene rings is 2. The maximum atomic E-state index is 13.4. The van der Waals surface area contributed by atoms with Crippen molar-refractivity contribution >= 4 is 38.3 Å². The first-order chi connectivity index (χ1) is 15.9. The number of nitrogens with two attached hydrogens (primary N) is 1. The smallest absolute Gasteiger partial charge is 0.268 e. The molecule has 3 N–H and O–H groups in total. The lowest BCUT2D eigenvalue weighted by Crippen LogP contribution is -2.35. The lowest BCUT2D eigenvalue weighted by atomic mass is 9.91. The monoisotopic (exact) mass is 480 g/mol. The molecule has 6 nitrogen and oxygen atoms in total. The van der Waals surface area contributed by atoms with Crippen LogP contribution in [-0.2, 0) is 10.0 Å². The van der Waals surface area contributed by atoms with Gasteiger partial charge in [-0.2, -0.15) is 0 Å². The van der Waals surface area contributed by atoms with E-state index in [4.69, 9.17) is 17.3 Å². The number of para-hydroxylation sites is 1. The van der Waals surface area contributed by atoms with Gasteiger partial charge in [0, 0.05) is 41.0 Å². The Kier molecular flexibility index (Phi) is 5.86. The normalized spacial score (nSPS) is 19.0. The third-order valence-electron chi connectivity index (χ3n) is 6.19. The summed E-state index contributed by atoms with van der Waals surface area (Å²) in [5, 5.41) is 4.75. The summed E-state index contributed by atoms with van der Waals surface area (Å²) in [5.74, 6) is 0.705. The van der Waals surface area contributed by atoms with Crippen molar-refractivity contribution in [1.82, 2.24) is 8.96 Å². The van der Waals surface area contributed by atoms with Crippen molar-refractivity contribution in [3.63, 3.8) is 0 Å². The molecule has 2 aromatic heterocycles. The molecular weight excluding hydrogens is 456 g/mol. The van der Waals surface area contributed by atoms with Crippen LogP contribution in [0, 0.1) is 0 Å². The Hall–Kier alpha value is -2.87. The molecule has 2 heterocycles. The first-order valence-corrected chi connectivity index (χ1v) is 12.8. The summed E-state index contributed by atoms with van der Waals surface area (Å²) in [6.45, 7) is 0. The van der Waals surface area contributed by atoms with E-state index in [0.717, 1.165) is 42.2 Å². The van der Waals surface area contributed by atoms with E-state index in [0.29, 0.717) is 16.4 Å². The Balaban J connectivity index is 1.60. The molecule has 0 bridgehead atoms. The SMILES string of the molecule is NC1CCCC(Nc2cc(-c3cn(S(=O)(=O)c4ccccc4)c4ccccc34)c(Cl)cn2)C1. The van der Waals surface area contributed by atoms with Gasteiger partial charge in [0.15, 0.2) is 0 Å². The maximum absolute atomic E-state index is 13.4. The maximum Gasteiger partial charge on any atom is 0.268 e. The summed E-state index contributed by atoms with van der Waals surface area (Å²) in [5.41, 5.74) is 8.20. The second-order valence-electron chi connectivity index (χ2n) is 8.49. The lowest BCUT2D eigenvalue weighted by molar-refractivity contribution is 0.409. The van der Waals surface area contributed by atoms with Crippen LogP contribution in [-0.4, -0.2) is 29.5 Å². The van der Waals surface area contributed by atoms with Gasteiger partial charge in [0.2, 0.25) is 0 Å². The molecule has 2 atom stereocenters. The molecule has 5 rings (SSSR count). The summed E-state index contributed by atoms with van der Waals surface area (Å²) in [6, 6.07) is 18.2. The van der Waals surface area contributed by atoms with Gasteiger partial charge in [-0.15, -0.1) is 0 Å². The van der Waals surface area contributed by atoms with Crippen LogP contribution >= 0.6 is 11.6 Å². The fraction of sp³-hybridized carbons (Fsp3) is 0.240. The van der Waals surface area contributed by atoms with Crippen LogP contribution in [0.5, 0.6) is 0 Å². The Morgan fingerprint density at radius 2 is 1.79 bits per heavy atom. The minimum Gasteiger partial charge on any atom is -0.367 e. The first-order valence-electron chi connectivity index (χ1n) is 11.0. The summed E-state index contributed by atoms with van der Waals surface area (Å²) in [7, 11) is -3.78. The van der Waals surface area contributed by atoms with E-state index in [9.17, 15) is 8.42 Å². The fourth-order valence-corrected chi connectivity index (χ4v) is 6.16. The Morgan fingerprint density at radius 1 is 1.03 bits per heavy atom. The van der Waals surface area contributed by atoms with Gasteiger partial charge in [-0.3, -0.25) is 0 Å². The molecule has 2 unspecified atom stereocenters. The number of hydrogen-bond donors (Lipinski definition) is 2. The van der Waals surface area contributed by atoms with Gasteiger partial charge in [0.1, 0.15) is 5.82 Å². The predicted octanol–water partition coefficient (Wildman–Crippen LogP) is 5.28. The topological polar surface area (TPSA) is 90.0 Å². The van der Waals surface area contributed by atoms with Crippen molar-refractivity contribution in [3.8, 4) is 11.1 Å². The van der Waals surface area contributed by atoms with Gasteiger partial charge in [0.25, 0.3) is 10.0 Å². The van der Waals surface area contributed by atoms with Crippen molar-refractivity contribution in [2.75, 3.05) is 5.32 Å². The second kappa shape index (κ2) is 8.82. The van der Waals surface area contributed by atoms with E-state index < -0.39 is 10.0 Å². The van der Waals surface area contributed by atoms with Crippen LogP contribution in [0.4, 0.5) is 5.82 Å². The summed E-state index contributed by atoms with van der Waals surface area (Å²) in [6.07, 6.45) is 7.33. The van der Waals surface area contributed by atoms with Crippen LogP contribution in [0.25, 0.3) is 22.0 Å². The van der Waals surface area contributed by atoms with Crippen molar-refractivity contribution < 1.29 is 8.42 Å². The van der Waals surface area contributed by atoms with Gasteiger partial charge >= 0.3 is 0 Å². The minimum absolute atomic E-state index is 0.198. The van der Waals surface area contributed by atoms with Gasteiger partial charge in [-0.05, 0) is 49.9 Å². The Bertz CT molecular complexity index is 1400. The summed E-state index contributed by atoms with van der Waals surface area (Å²) < 4.78 is 28.2. The molecule has 0 radical (unpaired) electrons. The average molecular weight is 481 g/mol. The van der Waals surface area contributed by atoms with E-state index in [1.165, 1.54) is 3.97 Å². The number of rotatable bonds is 5. The van der Waals surface area contributed by atoms with Crippen LogP contribution < -0.4 is 11.1 Å². The molecule has 0 spiro atoms. The molecule has 33 heavy (non-hydrogen) atoms. The predicted molar refractivity (Wildman–Crippen MR) is 133 cm³/mol. The van der Waals surface area contributed by atoms with Crippen LogP contribution in [0.2, 0.25) is 5.02 Å². The van der Waals surface area contributed by atoms with E-state index >= 15 is 0 Å². The fourth-order valence-electron chi connectivity index (χ4n) is 4.56. The summed E-state index contributed by atoms with van der Waals surface area (Å²) >= 11 is 6.57. The van der Waals surface area contributed by atoms with Crippen molar-refractivity contribution in [3.05, 3.63) is 78.1 Å². The largest absolute Gasteiger partial charge is 0.367 e. The number of nitrogens with one attached hydrogen (secondary N) is 1. The van der Waals surface area contributed by atoms with Crippen LogP contribution in [0.3, 0.4) is 0 Å². The standard InChI is InChI=1S/C25H25ClN4O2S/c26-23-15-28-25(29-18-8-6-7-17(27)13-18)14-21(23)22-16-30(24-12-5-4-11-20(22)24)33(31,32)19-9-2-1-3-10-19/h1-5,9-12,14-18H,6-8,13,27H2,(H,28,29). The number of hydrogen-bond acceptors (Lipinski definition) is 5. The van der Waals surface area contributed by atoms with Gasteiger partial charge in [-0.25, -0.2) is 17.4 Å². The van der Waals surface area contributed by atoms with Crippen molar-refractivity contribution in [1.29, 1.82) is 0 Å². The molecule has 1 fully saturated rings. The summed E-state index contributed by atoms with van der Waals surface area (Å²) in [4.78, 5) is 4.69. The zero-order chi connectivity index (χ0) is 23.0. The minimum atomic E-state index is -3.78. The molecule has 1 saturated carbocycles. The molecule has 1 aliphatic rings. The average Bonchev–Trinajstić information content (AvgIpc) is 3.21. The second-order valence-corrected chi connectivity index (χ2v) is 10.7. The number of halogens is 1. The van der Waals surface area contributed by atoms with Crippen LogP contribution in [0.1, 0.15) is 25.7 Å². The number of fused-ring (bicyclic) bond motifs is 1. The zero-order valence-corrected chi connectivity index (χ0v) is 19.6. The highest BCUT2D eigenvalue weighted by atomic mass is 35.5. The van der Waals surface area contributed by atoms with Gasteiger partial charge in [0.05, 0.1) is 15.4 Å². The zero-order valence-electron chi connectivity index (χ0n) is 18.0. The van der Waals surface area contributed by atoms with E-state index in [-0.39, 0.29) is 17.0 Å². The van der Waals surface area contributed by atoms with Gasteiger partial charge < -0.3 is 11.1 Å². The molecule has 0 saturated heterocycles. The van der Waals surface area contributed by atoms with E-state index in [1.807, 2.05) is 24.3 Å². The first kappa shape index (κ1) is 21.9. The molecule has 4 aromatic rings. The highest BCUT2D eigenvalue weighted by Gasteiger charge is 2.23. The molecule has 170 valence electrons. The quantitative estimate of drug-likeness (QED) is 0.406. The van der Waals surface area contributed by atoms with E-state index in [2.05, 4.69) is 10.3 Å². The van der Waals surface area contributed by atoms with Crippen molar-refractivity contribution in [2.24, 2.45) is 5.73 Å². The number of anilines is 1. The highest BCUT2D eigenvalue weighted by molar-refractivity contribution is 7.90. The molecular formula is C25H25ClN4O2S. The molecule has 2 aromatic carbocycles. The third-order valence-corrected chi connectivity index (χ3v) is 8.18. The molecule has 0 aliphatic heterocycles. The number of pyridine rings is 1. The van der Waals surface area contributed by atoms with Crippen LogP contribution in [0.15, 0.2) is 78.0 Å². The Labute approximate surface area is 198 Å². The lowest BCUT2D eigenvalue weighted by Gasteiger charge is -2.27. The highest BCUT2D eigenvalue weighted by Crippen LogP contribution is 2.37. The molecule has 8 heteroatoms. The third kappa shape index (κ3) is 4.24. The molecule has 1 aliphatic carbocycles. The van der Waals surface area contributed by atoms with Gasteiger partial charge in [-0.1, -0.05) is 48.0 Å². The van der Waals surface area contributed by atoms with E-state index in [1.54, 1.807) is 48.8 Å².